The molecule has 1 N–H and O–H groups in total. The van der Waals surface area contributed by atoms with Gasteiger partial charge >= 0.3 is 0 Å². The van der Waals surface area contributed by atoms with Crippen molar-refractivity contribution in [1.82, 2.24) is 4.98 Å². The lowest BCUT2D eigenvalue weighted by Crippen LogP contribution is -2.36. The molecule has 1 aromatic carbocycles. The predicted molar refractivity (Wildman–Crippen MR) is 78.4 cm³/mol. The smallest absolute Gasteiger partial charge is 0.0703 e. The number of anilines is 1. The van der Waals surface area contributed by atoms with Crippen LogP contribution in [0.5, 0.6) is 0 Å². The molecule has 0 spiro atoms. The molecule has 2 atom stereocenters. The van der Waals surface area contributed by atoms with Crippen LogP contribution in [0.1, 0.15) is 26.7 Å². The first kappa shape index (κ1) is 12.4. The molecule has 3 heteroatoms. The summed E-state index contributed by atoms with van der Waals surface area (Å²) in [6.45, 7) is 4.29. The third kappa shape index (κ3) is 2.87. The van der Waals surface area contributed by atoms with Gasteiger partial charge in [-0.2, -0.15) is 0 Å². The highest BCUT2D eigenvalue weighted by molar-refractivity contribution is 5.82. The Labute approximate surface area is 114 Å². The summed E-state index contributed by atoms with van der Waals surface area (Å²) in [5.74, 6) is 0. The monoisotopic (exact) mass is 256 g/mol. The third-order valence-corrected chi connectivity index (χ3v) is 3.67. The number of ether oxygens (including phenoxy) is 1. The molecule has 0 aliphatic carbocycles. The highest BCUT2D eigenvalue weighted by Crippen LogP contribution is 2.24. The number of rotatable bonds is 2. The number of benzene rings is 1. The summed E-state index contributed by atoms with van der Waals surface area (Å²) in [7, 11) is 0. The number of aromatic nitrogens is 1. The van der Waals surface area contributed by atoms with Crippen molar-refractivity contribution < 1.29 is 4.74 Å². The van der Waals surface area contributed by atoms with E-state index in [2.05, 4.69) is 48.4 Å². The van der Waals surface area contributed by atoms with Crippen LogP contribution >= 0.6 is 0 Å². The Hall–Kier alpha value is -1.61. The van der Waals surface area contributed by atoms with Crippen LogP contribution in [0.4, 0.5) is 5.69 Å². The van der Waals surface area contributed by atoms with Gasteiger partial charge in [-0.15, -0.1) is 0 Å². The Morgan fingerprint density at radius 1 is 1.16 bits per heavy atom. The van der Waals surface area contributed by atoms with E-state index in [-0.39, 0.29) is 0 Å². The van der Waals surface area contributed by atoms with E-state index in [4.69, 9.17) is 4.74 Å². The molecule has 2 heterocycles. The summed E-state index contributed by atoms with van der Waals surface area (Å²) in [5, 5.41) is 4.81. The molecule has 1 aliphatic heterocycles. The predicted octanol–water partition coefficient (Wildman–Crippen LogP) is 3.60. The molecule has 19 heavy (non-hydrogen) atoms. The Kier molecular flexibility index (Phi) is 3.38. The van der Waals surface area contributed by atoms with Gasteiger partial charge in [-0.05, 0) is 51.0 Å². The molecular weight excluding hydrogens is 236 g/mol. The molecule has 1 saturated heterocycles. The zero-order valence-corrected chi connectivity index (χ0v) is 11.5. The highest BCUT2D eigenvalue weighted by Gasteiger charge is 2.24. The van der Waals surface area contributed by atoms with Gasteiger partial charge in [-0.3, -0.25) is 4.98 Å². The van der Waals surface area contributed by atoms with E-state index in [0.717, 1.165) is 18.4 Å². The lowest BCUT2D eigenvalue weighted by atomic mass is 9.99. The summed E-state index contributed by atoms with van der Waals surface area (Å²) in [6, 6.07) is 10.9. The number of fused-ring (bicyclic) bond motifs is 1. The molecule has 3 rings (SSSR count). The van der Waals surface area contributed by atoms with Crippen molar-refractivity contribution in [3.05, 3.63) is 36.5 Å². The van der Waals surface area contributed by atoms with Gasteiger partial charge in [0.05, 0.1) is 17.7 Å². The van der Waals surface area contributed by atoms with Gasteiger partial charge < -0.3 is 10.1 Å². The minimum Gasteiger partial charge on any atom is -0.382 e. The van der Waals surface area contributed by atoms with Gasteiger partial charge in [0, 0.05) is 23.3 Å². The van der Waals surface area contributed by atoms with E-state index < -0.39 is 0 Å². The second kappa shape index (κ2) is 5.17. The minimum atomic E-state index is 0.336. The van der Waals surface area contributed by atoms with Crippen LogP contribution in [0, 0.1) is 0 Å². The van der Waals surface area contributed by atoms with Crippen molar-refractivity contribution in [1.29, 1.82) is 0 Å². The highest BCUT2D eigenvalue weighted by atomic mass is 16.5. The Balaban J connectivity index is 1.77. The molecule has 100 valence electrons. The van der Waals surface area contributed by atoms with Gasteiger partial charge in [0.15, 0.2) is 0 Å². The fourth-order valence-electron chi connectivity index (χ4n) is 2.92. The van der Waals surface area contributed by atoms with E-state index in [1.807, 2.05) is 12.3 Å². The van der Waals surface area contributed by atoms with Gasteiger partial charge in [-0.1, -0.05) is 6.07 Å². The number of hydrogen-bond donors (Lipinski definition) is 1. The maximum atomic E-state index is 5.77. The molecule has 0 saturated carbocycles. The van der Waals surface area contributed by atoms with Crippen LogP contribution in [0.15, 0.2) is 36.5 Å². The fourth-order valence-corrected chi connectivity index (χ4v) is 2.92. The van der Waals surface area contributed by atoms with Crippen LogP contribution in [-0.4, -0.2) is 23.2 Å². The van der Waals surface area contributed by atoms with Crippen LogP contribution in [0.2, 0.25) is 0 Å². The van der Waals surface area contributed by atoms with Crippen molar-refractivity contribution in [2.24, 2.45) is 0 Å². The largest absolute Gasteiger partial charge is 0.382 e. The van der Waals surface area contributed by atoms with Gasteiger partial charge in [0.2, 0.25) is 0 Å². The first-order chi connectivity index (χ1) is 9.20. The minimum absolute atomic E-state index is 0.336. The molecule has 2 aromatic rings. The third-order valence-electron chi connectivity index (χ3n) is 3.67. The molecule has 0 bridgehead atoms. The SMILES string of the molecule is CC1CC(Nc2ccc3ncccc3c2)CC(C)O1. The van der Waals surface area contributed by atoms with Crippen LogP contribution in [0.25, 0.3) is 10.9 Å². The van der Waals surface area contributed by atoms with E-state index in [1.165, 1.54) is 11.1 Å². The lowest BCUT2D eigenvalue weighted by Gasteiger charge is -2.33. The second-order valence-electron chi connectivity index (χ2n) is 5.48. The normalized spacial score (nSPS) is 27.4. The van der Waals surface area contributed by atoms with Crippen LogP contribution < -0.4 is 5.32 Å². The van der Waals surface area contributed by atoms with Crippen LogP contribution in [0.3, 0.4) is 0 Å². The molecule has 1 aromatic heterocycles. The van der Waals surface area contributed by atoms with E-state index in [0.29, 0.717) is 18.2 Å². The van der Waals surface area contributed by atoms with Crippen molar-refractivity contribution in [2.45, 2.75) is 44.9 Å². The average Bonchev–Trinajstić information content (AvgIpc) is 2.37. The number of nitrogens with zero attached hydrogens (tertiary/aromatic N) is 1. The number of pyridine rings is 1. The molecule has 3 nitrogen and oxygen atoms in total. The molecule has 0 amide bonds. The Morgan fingerprint density at radius 3 is 2.74 bits per heavy atom. The van der Waals surface area contributed by atoms with E-state index in [1.54, 1.807) is 0 Å². The van der Waals surface area contributed by atoms with Gasteiger partial charge in [0.25, 0.3) is 0 Å². The maximum absolute atomic E-state index is 5.77. The zero-order chi connectivity index (χ0) is 13.2. The summed E-state index contributed by atoms with van der Waals surface area (Å²) < 4.78 is 5.77. The average molecular weight is 256 g/mol. The zero-order valence-electron chi connectivity index (χ0n) is 11.5. The Morgan fingerprint density at radius 2 is 1.95 bits per heavy atom. The van der Waals surface area contributed by atoms with Crippen molar-refractivity contribution in [3.8, 4) is 0 Å². The number of nitrogens with one attached hydrogen (secondary N) is 1. The maximum Gasteiger partial charge on any atom is 0.0703 e. The van der Waals surface area contributed by atoms with Gasteiger partial charge in [0.1, 0.15) is 0 Å². The first-order valence-electron chi connectivity index (χ1n) is 6.97. The fraction of sp³-hybridized carbons (Fsp3) is 0.438. The summed E-state index contributed by atoms with van der Waals surface area (Å²) in [4.78, 5) is 4.35. The van der Waals surface area contributed by atoms with Crippen molar-refractivity contribution in [2.75, 3.05) is 5.32 Å². The Bertz CT molecular complexity index is 559. The van der Waals surface area contributed by atoms with Crippen molar-refractivity contribution in [3.63, 3.8) is 0 Å². The first-order valence-corrected chi connectivity index (χ1v) is 6.97. The molecule has 1 fully saturated rings. The summed E-state index contributed by atoms with van der Waals surface area (Å²) >= 11 is 0. The molecule has 2 unspecified atom stereocenters. The quantitative estimate of drug-likeness (QED) is 0.891. The second-order valence-corrected chi connectivity index (χ2v) is 5.48. The van der Waals surface area contributed by atoms with E-state index in [9.17, 15) is 0 Å². The summed E-state index contributed by atoms with van der Waals surface area (Å²) in [6.07, 6.45) is 4.63. The molecule has 0 radical (unpaired) electrons. The van der Waals surface area contributed by atoms with Gasteiger partial charge in [-0.25, -0.2) is 0 Å². The molecular formula is C16H20N2O. The lowest BCUT2D eigenvalue weighted by molar-refractivity contribution is -0.0337. The summed E-state index contributed by atoms with van der Waals surface area (Å²) in [5.41, 5.74) is 2.22. The molecule has 1 aliphatic rings. The van der Waals surface area contributed by atoms with Crippen LogP contribution in [-0.2, 0) is 4.74 Å². The number of hydrogen-bond acceptors (Lipinski definition) is 3. The van der Waals surface area contributed by atoms with E-state index >= 15 is 0 Å². The standard InChI is InChI=1S/C16H20N2O/c1-11-8-15(9-12(2)19-11)18-14-5-6-16-13(10-14)4-3-7-17-16/h3-7,10-12,15,18H,8-9H2,1-2H3. The topological polar surface area (TPSA) is 34.2 Å². The van der Waals surface area contributed by atoms with Crippen molar-refractivity contribution >= 4 is 16.6 Å².